The van der Waals surface area contributed by atoms with Crippen LogP contribution in [-0.2, 0) is 12.2 Å². The molecule has 8 heteroatoms. The van der Waals surface area contributed by atoms with E-state index in [1.807, 2.05) is 56.3 Å². The van der Waals surface area contributed by atoms with Gasteiger partial charge in [0.1, 0.15) is 5.82 Å². The molecule has 30 heavy (non-hydrogen) atoms. The lowest BCUT2D eigenvalue weighted by atomic mass is 10.1. The van der Waals surface area contributed by atoms with E-state index in [-0.39, 0.29) is 5.95 Å². The maximum Gasteiger partial charge on any atom is 0.232 e. The number of nitrogens with two attached hydrogens (primary N) is 1. The number of nitrogen functional groups attached to an aromatic ring is 1. The van der Waals surface area contributed by atoms with Gasteiger partial charge < -0.3 is 16.0 Å². The molecule has 0 atom stereocenters. The van der Waals surface area contributed by atoms with Crippen molar-refractivity contribution >= 4 is 29.3 Å². The minimum Gasteiger partial charge on any atom is -0.368 e. The van der Waals surface area contributed by atoms with E-state index in [2.05, 4.69) is 37.4 Å². The predicted molar refractivity (Wildman–Crippen MR) is 121 cm³/mol. The topological polar surface area (TPSA) is 105 Å². The molecule has 2 aromatic carbocycles. The van der Waals surface area contributed by atoms with E-state index in [1.54, 1.807) is 11.8 Å². The number of thioether (sulfide) groups is 1. The number of nitrogens with one attached hydrogen (secondary N) is 2. The summed E-state index contributed by atoms with van der Waals surface area (Å²) in [7, 11) is 0. The van der Waals surface area contributed by atoms with Gasteiger partial charge in [-0.3, -0.25) is 0 Å². The monoisotopic (exact) mass is 417 g/mol. The molecule has 0 saturated carbocycles. The Morgan fingerprint density at radius 1 is 0.933 bits per heavy atom. The Balaban J connectivity index is 1.44. The normalized spacial score (nSPS) is 10.9. The van der Waals surface area contributed by atoms with Gasteiger partial charge in [-0.1, -0.05) is 60.3 Å². The summed E-state index contributed by atoms with van der Waals surface area (Å²) in [5.74, 6) is 1.76. The molecule has 0 radical (unpaired) electrons. The molecule has 4 rings (SSSR count). The minimum absolute atomic E-state index is 0.192. The third kappa shape index (κ3) is 4.96. The molecular formula is C22H23N7S. The second-order valence-electron chi connectivity index (χ2n) is 6.94. The molecule has 7 nitrogen and oxygen atoms in total. The summed E-state index contributed by atoms with van der Waals surface area (Å²) in [4.78, 5) is 21.1. The number of hydrogen-bond donors (Lipinski definition) is 3. The van der Waals surface area contributed by atoms with Crippen molar-refractivity contribution in [1.29, 1.82) is 0 Å². The van der Waals surface area contributed by atoms with Crippen molar-refractivity contribution in [1.82, 2.24) is 24.9 Å². The summed E-state index contributed by atoms with van der Waals surface area (Å²) < 4.78 is 0. The Kier molecular flexibility index (Phi) is 5.94. The van der Waals surface area contributed by atoms with Crippen LogP contribution in [0.2, 0.25) is 0 Å². The standard InChI is InChI=1S/C22H23N7S/c1-14-8-6-7-11-17(14)25-21-28-19(27-20(23)29-21)13-30-22-24-15(2)18(26-22)12-16-9-4-3-5-10-16/h3-11H,12-13H2,1-2H3,(H,24,26)(H3,23,25,27,28,29). The van der Waals surface area contributed by atoms with Crippen LogP contribution in [0.15, 0.2) is 59.8 Å². The minimum atomic E-state index is 0.192. The lowest BCUT2D eigenvalue weighted by Gasteiger charge is -2.09. The molecule has 152 valence electrons. The number of aromatic nitrogens is 5. The third-order valence-corrected chi connectivity index (χ3v) is 5.48. The fourth-order valence-electron chi connectivity index (χ4n) is 3.02. The highest BCUT2D eigenvalue weighted by atomic mass is 32.2. The molecule has 0 bridgehead atoms. The molecule has 2 aromatic heterocycles. The first-order valence-electron chi connectivity index (χ1n) is 9.62. The average molecular weight is 418 g/mol. The zero-order valence-corrected chi connectivity index (χ0v) is 17.7. The van der Waals surface area contributed by atoms with Gasteiger partial charge in [0.15, 0.2) is 5.16 Å². The maximum absolute atomic E-state index is 5.90. The number of aryl methyl sites for hydroxylation is 2. The third-order valence-electron chi connectivity index (χ3n) is 4.61. The number of benzene rings is 2. The fraction of sp³-hybridized carbons (Fsp3) is 0.182. The highest BCUT2D eigenvalue weighted by molar-refractivity contribution is 7.98. The molecule has 0 aliphatic rings. The number of nitrogens with zero attached hydrogens (tertiary/aromatic N) is 4. The van der Waals surface area contributed by atoms with Gasteiger partial charge in [0.05, 0.1) is 11.4 Å². The number of rotatable bonds is 7. The fourth-order valence-corrected chi connectivity index (χ4v) is 3.82. The zero-order chi connectivity index (χ0) is 20.9. The van der Waals surface area contributed by atoms with Crippen LogP contribution in [-0.4, -0.2) is 24.9 Å². The van der Waals surface area contributed by atoms with Gasteiger partial charge in [-0.15, -0.1) is 0 Å². The summed E-state index contributed by atoms with van der Waals surface area (Å²) in [5, 5.41) is 4.06. The molecule has 0 amide bonds. The van der Waals surface area contributed by atoms with Crippen molar-refractivity contribution < 1.29 is 0 Å². The van der Waals surface area contributed by atoms with Crippen molar-refractivity contribution in [2.24, 2.45) is 0 Å². The van der Waals surface area contributed by atoms with E-state index in [1.165, 1.54) is 5.56 Å². The summed E-state index contributed by atoms with van der Waals surface area (Å²) in [5.41, 5.74) is 11.3. The lowest BCUT2D eigenvalue weighted by Crippen LogP contribution is -2.07. The van der Waals surface area contributed by atoms with Crippen molar-refractivity contribution in [2.45, 2.75) is 31.2 Å². The van der Waals surface area contributed by atoms with Gasteiger partial charge >= 0.3 is 0 Å². The van der Waals surface area contributed by atoms with Crippen LogP contribution in [0, 0.1) is 13.8 Å². The molecular weight excluding hydrogens is 394 g/mol. The first-order valence-corrected chi connectivity index (χ1v) is 10.6. The molecule has 0 aliphatic carbocycles. The summed E-state index contributed by atoms with van der Waals surface area (Å²) >= 11 is 1.54. The Morgan fingerprint density at radius 3 is 2.50 bits per heavy atom. The Hall–Kier alpha value is -3.39. The summed E-state index contributed by atoms with van der Waals surface area (Å²) in [6.45, 7) is 4.07. The van der Waals surface area contributed by atoms with Gasteiger partial charge in [0, 0.05) is 17.8 Å². The molecule has 0 unspecified atom stereocenters. The van der Waals surface area contributed by atoms with Crippen molar-refractivity contribution in [3.8, 4) is 0 Å². The van der Waals surface area contributed by atoms with Crippen LogP contribution < -0.4 is 11.1 Å². The average Bonchev–Trinajstić information content (AvgIpc) is 3.08. The van der Waals surface area contributed by atoms with E-state index in [4.69, 9.17) is 10.7 Å². The zero-order valence-electron chi connectivity index (χ0n) is 16.9. The number of H-pyrrole nitrogens is 1. The SMILES string of the molecule is Cc1ccccc1Nc1nc(N)nc(CSc2nc(Cc3ccccc3)c(C)[nH]2)n1. The number of anilines is 3. The largest absolute Gasteiger partial charge is 0.368 e. The van der Waals surface area contributed by atoms with Crippen LogP contribution in [0.3, 0.4) is 0 Å². The van der Waals surface area contributed by atoms with Crippen LogP contribution >= 0.6 is 11.8 Å². The van der Waals surface area contributed by atoms with Crippen LogP contribution in [0.1, 0.15) is 28.3 Å². The number of hydrogen-bond acceptors (Lipinski definition) is 7. The molecule has 2 heterocycles. The molecule has 0 aliphatic heterocycles. The van der Waals surface area contributed by atoms with Crippen LogP contribution in [0.25, 0.3) is 0 Å². The smallest absolute Gasteiger partial charge is 0.232 e. The maximum atomic E-state index is 5.90. The number of imidazole rings is 1. The van der Waals surface area contributed by atoms with E-state index in [9.17, 15) is 0 Å². The van der Waals surface area contributed by atoms with Crippen LogP contribution in [0.4, 0.5) is 17.6 Å². The Morgan fingerprint density at radius 2 is 1.70 bits per heavy atom. The van der Waals surface area contributed by atoms with Gasteiger partial charge in [-0.25, -0.2) is 4.98 Å². The Bertz CT molecular complexity index is 1140. The van der Waals surface area contributed by atoms with Gasteiger partial charge in [0.25, 0.3) is 0 Å². The molecule has 4 aromatic rings. The molecule has 0 fully saturated rings. The van der Waals surface area contributed by atoms with Gasteiger partial charge in [-0.05, 0) is 31.0 Å². The second kappa shape index (κ2) is 8.96. The molecule has 4 N–H and O–H groups in total. The first-order chi connectivity index (χ1) is 14.6. The lowest BCUT2D eigenvalue weighted by molar-refractivity contribution is 0.969. The predicted octanol–water partition coefficient (Wildman–Crippen LogP) is 4.42. The van der Waals surface area contributed by atoms with E-state index in [0.29, 0.717) is 17.5 Å². The molecule has 0 saturated heterocycles. The highest BCUT2D eigenvalue weighted by Crippen LogP contribution is 2.23. The molecule has 0 spiro atoms. The quantitative estimate of drug-likeness (QED) is 0.382. The first kappa shape index (κ1) is 19.9. The van der Waals surface area contributed by atoms with Crippen molar-refractivity contribution in [2.75, 3.05) is 11.1 Å². The van der Waals surface area contributed by atoms with E-state index < -0.39 is 0 Å². The summed E-state index contributed by atoms with van der Waals surface area (Å²) in [6.07, 6.45) is 0.799. The Labute approximate surface area is 179 Å². The number of para-hydroxylation sites is 1. The summed E-state index contributed by atoms with van der Waals surface area (Å²) in [6, 6.07) is 18.3. The van der Waals surface area contributed by atoms with Gasteiger partial charge in [-0.2, -0.15) is 15.0 Å². The van der Waals surface area contributed by atoms with E-state index >= 15 is 0 Å². The highest BCUT2D eigenvalue weighted by Gasteiger charge is 2.11. The van der Waals surface area contributed by atoms with Crippen molar-refractivity contribution in [3.05, 3.63) is 82.9 Å². The number of aromatic amines is 1. The second-order valence-corrected chi connectivity index (χ2v) is 7.90. The van der Waals surface area contributed by atoms with Gasteiger partial charge in [0.2, 0.25) is 11.9 Å². The van der Waals surface area contributed by atoms with E-state index in [0.717, 1.165) is 34.2 Å². The van der Waals surface area contributed by atoms with Crippen molar-refractivity contribution in [3.63, 3.8) is 0 Å². The van der Waals surface area contributed by atoms with Crippen LogP contribution in [0.5, 0.6) is 0 Å².